The summed E-state index contributed by atoms with van der Waals surface area (Å²) in [5, 5.41) is 29.8. The van der Waals surface area contributed by atoms with Crippen molar-refractivity contribution in [3.8, 4) is 28.7 Å². The molecule has 4 N–H and O–H groups in total. The Labute approximate surface area is 185 Å². The first kappa shape index (κ1) is 21.6. The van der Waals surface area contributed by atoms with E-state index in [0.29, 0.717) is 18.4 Å². The van der Waals surface area contributed by atoms with Gasteiger partial charge in [-0.2, -0.15) is 0 Å². The van der Waals surface area contributed by atoms with Gasteiger partial charge in [0, 0.05) is 37.4 Å². The van der Waals surface area contributed by atoms with Crippen LogP contribution in [0.1, 0.15) is 46.0 Å². The summed E-state index contributed by atoms with van der Waals surface area (Å²) in [7, 11) is 1.40. The number of fused-ring (bicyclic) bond motifs is 1. The molecule has 8 nitrogen and oxygen atoms in total. The summed E-state index contributed by atoms with van der Waals surface area (Å²) in [4.78, 5) is 16.3. The lowest BCUT2D eigenvalue weighted by molar-refractivity contribution is 0.0837. The van der Waals surface area contributed by atoms with Crippen LogP contribution in [0.2, 0.25) is 0 Å². The van der Waals surface area contributed by atoms with E-state index < -0.39 is 6.10 Å². The molecule has 1 unspecified atom stereocenters. The highest BCUT2D eigenvalue weighted by Crippen LogP contribution is 2.52. The van der Waals surface area contributed by atoms with Crippen molar-refractivity contribution in [3.05, 3.63) is 65.0 Å². The fourth-order valence-corrected chi connectivity index (χ4v) is 3.83. The number of hydrogen-bond donors (Lipinski definition) is 4. The van der Waals surface area contributed by atoms with Gasteiger partial charge >= 0.3 is 0 Å². The number of methoxy groups -OCH3 is 1. The fraction of sp³-hybridized carbons (Fsp3) is 0.292. The van der Waals surface area contributed by atoms with Crippen LogP contribution in [0.5, 0.6) is 28.7 Å². The molecule has 1 aliphatic heterocycles. The summed E-state index contributed by atoms with van der Waals surface area (Å²) in [6, 6.07) is 8.34. The SMILES string of the molecule is COc1c(O)c(Cc2cc[nH]c2)c2c(c1OCCCO)C(=O)CC(c1ccc(O)cc1)O2. The Bertz CT molecular complexity index is 1090. The minimum atomic E-state index is -0.585. The Morgan fingerprint density at radius 3 is 2.59 bits per heavy atom. The molecule has 2 aromatic carbocycles. The smallest absolute Gasteiger partial charge is 0.204 e. The number of H-pyrrole nitrogens is 1. The van der Waals surface area contributed by atoms with E-state index in [-0.39, 0.29) is 59.7 Å². The predicted octanol–water partition coefficient (Wildman–Crippen LogP) is 3.49. The first-order valence-corrected chi connectivity index (χ1v) is 10.3. The number of carbonyl (C=O) groups is 1. The van der Waals surface area contributed by atoms with Gasteiger partial charge in [-0.25, -0.2) is 0 Å². The molecule has 0 spiro atoms. The highest BCUT2D eigenvalue weighted by molar-refractivity contribution is 6.04. The molecule has 0 fully saturated rings. The molecular weight excluding hydrogens is 414 g/mol. The maximum Gasteiger partial charge on any atom is 0.204 e. The summed E-state index contributed by atoms with van der Waals surface area (Å²) in [6.45, 7) is 0.0694. The van der Waals surface area contributed by atoms with E-state index in [2.05, 4.69) is 4.98 Å². The number of carbonyl (C=O) groups excluding carboxylic acids is 1. The highest BCUT2D eigenvalue weighted by Gasteiger charge is 2.37. The van der Waals surface area contributed by atoms with Crippen LogP contribution in [0, 0.1) is 0 Å². The van der Waals surface area contributed by atoms with E-state index >= 15 is 0 Å². The number of nitrogens with one attached hydrogen (secondary N) is 1. The number of phenolic OH excluding ortho intramolecular Hbond substituents is 2. The summed E-state index contributed by atoms with van der Waals surface area (Å²) in [5.41, 5.74) is 2.26. The quantitative estimate of drug-likeness (QED) is 0.397. The number of ether oxygens (including phenoxy) is 3. The third kappa shape index (κ3) is 4.09. The average molecular weight is 439 g/mol. The molecule has 2 heterocycles. The van der Waals surface area contributed by atoms with Crippen LogP contribution < -0.4 is 14.2 Å². The number of phenols is 2. The van der Waals surface area contributed by atoms with Gasteiger partial charge in [0.2, 0.25) is 5.75 Å². The van der Waals surface area contributed by atoms with Crippen molar-refractivity contribution in [1.82, 2.24) is 4.98 Å². The molecule has 1 aliphatic rings. The summed E-state index contributed by atoms with van der Waals surface area (Å²) < 4.78 is 17.5. The van der Waals surface area contributed by atoms with Crippen molar-refractivity contribution in [2.75, 3.05) is 20.3 Å². The van der Waals surface area contributed by atoms with Crippen molar-refractivity contribution < 1.29 is 34.3 Å². The number of rotatable bonds is 8. The molecule has 0 aliphatic carbocycles. The molecule has 0 amide bonds. The van der Waals surface area contributed by atoms with Crippen LogP contribution in [0.3, 0.4) is 0 Å². The monoisotopic (exact) mass is 439 g/mol. The van der Waals surface area contributed by atoms with Crippen molar-refractivity contribution in [1.29, 1.82) is 0 Å². The molecule has 0 saturated heterocycles. The number of hydrogen-bond acceptors (Lipinski definition) is 7. The van der Waals surface area contributed by atoms with Gasteiger partial charge in [-0.15, -0.1) is 0 Å². The molecule has 4 rings (SSSR count). The van der Waals surface area contributed by atoms with Gasteiger partial charge in [0.15, 0.2) is 17.3 Å². The number of benzene rings is 2. The molecule has 168 valence electrons. The number of ketones is 1. The van der Waals surface area contributed by atoms with Crippen LogP contribution in [-0.4, -0.2) is 46.4 Å². The fourth-order valence-electron chi connectivity index (χ4n) is 3.83. The van der Waals surface area contributed by atoms with Crippen LogP contribution in [0.4, 0.5) is 0 Å². The predicted molar refractivity (Wildman–Crippen MR) is 116 cm³/mol. The molecule has 1 aromatic heterocycles. The van der Waals surface area contributed by atoms with Crippen molar-refractivity contribution in [3.63, 3.8) is 0 Å². The van der Waals surface area contributed by atoms with Crippen LogP contribution >= 0.6 is 0 Å². The minimum Gasteiger partial charge on any atom is -0.508 e. The summed E-state index contributed by atoms with van der Waals surface area (Å²) >= 11 is 0. The molecule has 3 aromatic rings. The van der Waals surface area contributed by atoms with Gasteiger partial charge in [-0.3, -0.25) is 4.79 Å². The lowest BCUT2D eigenvalue weighted by atomic mass is 9.91. The van der Waals surface area contributed by atoms with Gasteiger partial charge in [0.1, 0.15) is 23.2 Å². The van der Waals surface area contributed by atoms with Gasteiger partial charge in [0.25, 0.3) is 0 Å². The van der Waals surface area contributed by atoms with E-state index in [9.17, 15) is 15.0 Å². The minimum absolute atomic E-state index is 0.0612. The average Bonchev–Trinajstić information content (AvgIpc) is 3.30. The second kappa shape index (κ2) is 9.23. The van der Waals surface area contributed by atoms with E-state index in [1.54, 1.807) is 24.5 Å². The lowest BCUT2D eigenvalue weighted by Gasteiger charge is -2.30. The second-order valence-electron chi connectivity index (χ2n) is 7.54. The van der Waals surface area contributed by atoms with Gasteiger partial charge in [-0.1, -0.05) is 12.1 Å². The molecule has 0 radical (unpaired) electrons. The molecule has 0 saturated carbocycles. The normalized spacial score (nSPS) is 15.2. The van der Waals surface area contributed by atoms with Crippen molar-refractivity contribution in [2.24, 2.45) is 0 Å². The topological polar surface area (TPSA) is 121 Å². The number of aromatic nitrogens is 1. The zero-order valence-electron chi connectivity index (χ0n) is 17.6. The van der Waals surface area contributed by atoms with E-state index in [0.717, 1.165) is 11.1 Å². The Balaban J connectivity index is 1.84. The molecule has 0 bridgehead atoms. The Morgan fingerprint density at radius 2 is 1.94 bits per heavy atom. The second-order valence-corrected chi connectivity index (χ2v) is 7.54. The first-order chi connectivity index (χ1) is 15.5. The zero-order valence-corrected chi connectivity index (χ0v) is 17.6. The molecular formula is C24H25NO7. The third-order valence-corrected chi connectivity index (χ3v) is 5.41. The van der Waals surface area contributed by atoms with E-state index in [4.69, 9.17) is 19.3 Å². The standard InChI is InChI=1S/C24H25NO7/c1-30-24-21(29)17(11-14-7-8-25-13-14)22-20(23(24)31-10-2-9-26)18(28)12-19(32-22)15-3-5-16(27)6-4-15/h3-8,13,19,25-27,29H,2,9-12H2,1H3. The Morgan fingerprint density at radius 1 is 1.16 bits per heavy atom. The number of Topliss-reactive ketones (excluding diaryl/α,β-unsaturated/α-hetero) is 1. The van der Waals surface area contributed by atoms with E-state index in [1.165, 1.54) is 19.2 Å². The van der Waals surface area contributed by atoms with Gasteiger partial charge < -0.3 is 34.5 Å². The number of aliphatic hydroxyl groups is 1. The molecule has 8 heteroatoms. The Kier molecular flexibility index (Phi) is 6.23. The number of aliphatic hydroxyl groups excluding tert-OH is 1. The number of aromatic hydroxyl groups is 2. The highest BCUT2D eigenvalue weighted by atomic mass is 16.5. The van der Waals surface area contributed by atoms with Crippen LogP contribution in [-0.2, 0) is 6.42 Å². The van der Waals surface area contributed by atoms with Crippen molar-refractivity contribution >= 4 is 5.78 Å². The number of aromatic amines is 1. The molecule has 1 atom stereocenters. The van der Waals surface area contributed by atoms with Crippen LogP contribution in [0.25, 0.3) is 0 Å². The lowest BCUT2D eigenvalue weighted by Crippen LogP contribution is -2.23. The first-order valence-electron chi connectivity index (χ1n) is 10.3. The maximum atomic E-state index is 13.3. The van der Waals surface area contributed by atoms with Gasteiger partial charge in [0.05, 0.1) is 20.1 Å². The van der Waals surface area contributed by atoms with Crippen molar-refractivity contribution in [2.45, 2.75) is 25.4 Å². The zero-order chi connectivity index (χ0) is 22.7. The van der Waals surface area contributed by atoms with Crippen LogP contribution in [0.15, 0.2) is 42.7 Å². The van der Waals surface area contributed by atoms with Gasteiger partial charge in [-0.05, 0) is 29.3 Å². The summed E-state index contributed by atoms with van der Waals surface area (Å²) in [6.07, 6.45) is 3.71. The largest absolute Gasteiger partial charge is 0.508 e. The molecule has 32 heavy (non-hydrogen) atoms. The Hall–Kier alpha value is -3.65. The third-order valence-electron chi connectivity index (χ3n) is 5.41. The van der Waals surface area contributed by atoms with E-state index in [1.807, 2.05) is 6.07 Å². The maximum absolute atomic E-state index is 13.3. The summed E-state index contributed by atoms with van der Waals surface area (Å²) in [5.74, 6) is 0.166.